The van der Waals surface area contributed by atoms with E-state index in [0.29, 0.717) is 36.5 Å². The summed E-state index contributed by atoms with van der Waals surface area (Å²) in [5.41, 5.74) is 2.03. The second-order valence-electron chi connectivity index (χ2n) is 8.95. The molecule has 0 unspecified atom stereocenters. The number of hydrogen-bond donors (Lipinski definition) is 2. The molecule has 3 aromatic rings. The minimum Gasteiger partial charge on any atom is -0.496 e. The molecule has 33 heavy (non-hydrogen) atoms. The molecule has 2 aliphatic rings. The van der Waals surface area contributed by atoms with Gasteiger partial charge in [-0.15, -0.1) is 5.10 Å². The van der Waals surface area contributed by atoms with E-state index in [9.17, 15) is 14.3 Å². The number of carbonyl (C=O) groups is 1. The number of ether oxygens (including phenoxy) is 1. The third-order valence-electron chi connectivity index (χ3n) is 6.86. The van der Waals surface area contributed by atoms with Crippen LogP contribution in [0, 0.1) is 5.82 Å². The van der Waals surface area contributed by atoms with Crippen molar-refractivity contribution in [1.29, 1.82) is 0 Å². The van der Waals surface area contributed by atoms with Gasteiger partial charge in [-0.2, -0.15) is 0 Å². The molecule has 1 aliphatic carbocycles. The molecule has 1 aliphatic heterocycles. The van der Waals surface area contributed by atoms with E-state index in [-0.39, 0.29) is 29.9 Å². The molecule has 2 N–H and O–H groups in total. The van der Waals surface area contributed by atoms with Crippen molar-refractivity contribution in [1.82, 2.24) is 14.9 Å². The highest BCUT2D eigenvalue weighted by Crippen LogP contribution is 2.41. The van der Waals surface area contributed by atoms with Crippen LogP contribution in [0.2, 0.25) is 0 Å². The second kappa shape index (κ2) is 9.02. The molecule has 1 aromatic carbocycles. The van der Waals surface area contributed by atoms with Crippen LogP contribution >= 0.6 is 0 Å². The van der Waals surface area contributed by atoms with Crippen molar-refractivity contribution in [2.24, 2.45) is 0 Å². The molecule has 2 aromatic heterocycles. The smallest absolute Gasteiger partial charge is 0.257 e. The van der Waals surface area contributed by atoms with Crippen molar-refractivity contribution in [3.8, 4) is 5.75 Å². The number of carbonyl (C=O) groups excluding carboxylic acids is 1. The number of nitrogens with zero attached hydrogens (tertiary/aromatic N) is 3. The Hall–Kier alpha value is -3.13. The van der Waals surface area contributed by atoms with Crippen LogP contribution in [0.1, 0.15) is 60.5 Å². The molecule has 3 heterocycles. The fourth-order valence-electron chi connectivity index (χ4n) is 5.19. The predicted octanol–water partition coefficient (Wildman–Crippen LogP) is 3.86. The maximum atomic E-state index is 14.2. The lowest BCUT2D eigenvalue weighted by molar-refractivity contribution is 0.0869. The van der Waals surface area contributed by atoms with Gasteiger partial charge in [0, 0.05) is 24.3 Å². The summed E-state index contributed by atoms with van der Waals surface area (Å²) in [5.74, 6) is 0.752. The summed E-state index contributed by atoms with van der Waals surface area (Å²) in [4.78, 5) is 15.6. The molecule has 5 rings (SSSR count). The van der Waals surface area contributed by atoms with Gasteiger partial charge in [-0.05, 0) is 68.9 Å². The zero-order valence-electron chi connectivity index (χ0n) is 18.7. The van der Waals surface area contributed by atoms with E-state index in [2.05, 4.69) is 10.2 Å². The highest BCUT2D eigenvalue weighted by atomic mass is 19.1. The Bertz CT molecular complexity index is 1160. The van der Waals surface area contributed by atoms with Crippen LogP contribution < -0.4 is 15.0 Å². The molecule has 0 spiro atoms. The summed E-state index contributed by atoms with van der Waals surface area (Å²) < 4.78 is 21.4. The average Bonchev–Trinajstić information content (AvgIpc) is 3.45. The molecule has 7 nitrogen and oxygen atoms in total. The zero-order chi connectivity index (χ0) is 22.9. The van der Waals surface area contributed by atoms with Gasteiger partial charge in [-0.25, -0.2) is 8.91 Å². The monoisotopic (exact) mass is 452 g/mol. The van der Waals surface area contributed by atoms with Gasteiger partial charge in [-0.3, -0.25) is 4.79 Å². The summed E-state index contributed by atoms with van der Waals surface area (Å²) in [6, 6.07) is 10.1. The normalized spacial score (nSPS) is 23.1. The van der Waals surface area contributed by atoms with E-state index in [1.54, 1.807) is 17.7 Å². The first-order valence-corrected chi connectivity index (χ1v) is 11.6. The first-order valence-electron chi connectivity index (χ1n) is 11.6. The number of halogens is 1. The van der Waals surface area contributed by atoms with Crippen molar-refractivity contribution < 1.29 is 19.0 Å². The molecule has 1 saturated carbocycles. The Labute approximate surface area is 192 Å². The molecule has 1 amide bonds. The molecule has 174 valence electrons. The summed E-state index contributed by atoms with van der Waals surface area (Å²) >= 11 is 0. The lowest BCUT2D eigenvalue weighted by Gasteiger charge is -2.28. The number of hydrogen-bond acceptors (Lipinski definition) is 5. The minimum absolute atomic E-state index is 0.0325. The number of aliphatic hydroxyl groups excluding tert-OH is 1. The zero-order valence-corrected chi connectivity index (χ0v) is 18.7. The third kappa shape index (κ3) is 4.15. The average molecular weight is 453 g/mol. The molecule has 1 saturated heterocycles. The van der Waals surface area contributed by atoms with E-state index < -0.39 is 0 Å². The number of rotatable bonds is 5. The SMILES string of the molecule is COc1ccc(F)cc1[C@H]1CCCN1c1nn2ccccc2c1C(=O)NC1CCC(O)CC1. The van der Waals surface area contributed by atoms with Gasteiger partial charge in [-0.1, -0.05) is 6.07 Å². The van der Waals surface area contributed by atoms with E-state index in [4.69, 9.17) is 9.84 Å². The number of aromatic nitrogens is 2. The number of fused-ring (bicyclic) bond motifs is 1. The number of nitrogens with one attached hydrogen (secondary N) is 1. The van der Waals surface area contributed by atoms with E-state index in [1.165, 1.54) is 12.1 Å². The summed E-state index contributed by atoms with van der Waals surface area (Å²) in [6.07, 6.45) is 6.18. The lowest BCUT2D eigenvalue weighted by Crippen LogP contribution is -2.39. The van der Waals surface area contributed by atoms with Crippen LogP contribution in [0.3, 0.4) is 0 Å². The molecule has 1 atom stereocenters. The lowest BCUT2D eigenvalue weighted by atomic mass is 9.93. The summed E-state index contributed by atoms with van der Waals surface area (Å²) in [5, 5.41) is 17.8. The van der Waals surface area contributed by atoms with Crippen LogP contribution in [0.25, 0.3) is 5.52 Å². The van der Waals surface area contributed by atoms with E-state index in [1.807, 2.05) is 24.4 Å². The Balaban J connectivity index is 1.53. The standard InChI is InChI=1S/C25H29FN4O3/c1-33-22-12-7-16(26)15-19(22)20-6-4-13-29(20)24-23(21-5-2-3-14-30(21)28-24)25(32)27-17-8-10-18(31)11-9-17/h2-3,5,7,12,14-15,17-18,20,31H,4,6,8-11,13H2,1H3,(H,27,32)/t17?,18?,20-/m1/s1. The van der Waals surface area contributed by atoms with Crippen LogP contribution in [0.5, 0.6) is 5.75 Å². The molecule has 0 bridgehead atoms. The number of benzene rings is 1. The van der Waals surface area contributed by atoms with Crippen LogP contribution in [0.15, 0.2) is 42.6 Å². The number of methoxy groups -OCH3 is 1. The Morgan fingerprint density at radius 1 is 1.18 bits per heavy atom. The Morgan fingerprint density at radius 3 is 2.79 bits per heavy atom. The number of aliphatic hydroxyl groups is 1. The summed E-state index contributed by atoms with van der Waals surface area (Å²) in [7, 11) is 1.58. The predicted molar refractivity (Wildman–Crippen MR) is 123 cm³/mol. The number of amides is 1. The second-order valence-corrected chi connectivity index (χ2v) is 8.95. The topological polar surface area (TPSA) is 79.1 Å². The fraction of sp³-hybridized carbons (Fsp3) is 0.440. The first-order chi connectivity index (χ1) is 16.0. The van der Waals surface area contributed by atoms with Crippen LogP contribution in [-0.2, 0) is 0 Å². The quantitative estimate of drug-likeness (QED) is 0.615. The Morgan fingerprint density at radius 2 is 2.00 bits per heavy atom. The fourth-order valence-corrected chi connectivity index (χ4v) is 5.19. The maximum absolute atomic E-state index is 14.2. The van der Waals surface area contributed by atoms with Crippen molar-refractivity contribution in [3.63, 3.8) is 0 Å². The molecule has 0 radical (unpaired) electrons. The van der Waals surface area contributed by atoms with Crippen molar-refractivity contribution in [3.05, 3.63) is 59.5 Å². The van der Waals surface area contributed by atoms with Gasteiger partial charge >= 0.3 is 0 Å². The highest BCUT2D eigenvalue weighted by Gasteiger charge is 2.35. The minimum atomic E-state index is -0.315. The van der Waals surface area contributed by atoms with Crippen molar-refractivity contribution >= 4 is 17.2 Å². The first kappa shape index (κ1) is 21.7. The molecule has 2 fully saturated rings. The van der Waals surface area contributed by atoms with Gasteiger partial charge in [0.05, 0.1) is 24.8 Å². The highest BCUT2D eigenvalue weighted by molar-refractivity contribution is 6.06. The van der Waals surface area contributed by atoms with Gasteiger partial charge in [0.15, 0.2) is 5.82 Å². The van der Waals surface area contributed by atoms with Crippen molar-refractivity contribution in [2.45, 2.75) is 56.7 Å². The molecule has 8 heteroatoms. The van der Waals surface area contributed by atoms with Gasteiger partial charge in [0.1, 0.15) is 17.1 Å². The van der Waals surface area contributed by atoms with Crippen molar-refractivity contribution in [2.75, 3.05) is 18.6 Å². The van der Waals surface area contributed by atoms with E-state index >= 15 is 0 Å². The third-order valence-corrected chi connectivity index (χ3v) is 6.86. The largest absolute Gasteiger partial charge is 0.496 e. The van der Waals surface area contributed by atoms with E-state index in [0.717, 1.165) is 36.8 Å². The number of anilines is 1. The number of pyridine rings is 1. The van der Waals surface area contributed by atoms with Gasteiger partial charge < -0.3 is 20.1 Å². The molecular formula is C25H29FN4O3. The van der Waals surface area contributed by atoms with Crippen LogP contribution in [0.4, 0.5) is 10.2 Å². The molecular weight excluding hydrogens is 423 g/mol. The van der Waals surface area contributed by atoms with Gasteiger partial charge in [0.25, 0.3) is 5.91 Å². The maximum Gasteiger partial charge on any atom is 0.257 e. The summed E-state index contributed by atoms with van der Waals surface area (Å²) in [6.45, 7) is 0.712. The Kier molecular flexibility index (Phi) is 5.93. The van der Waals surface area contributed by atoms with Gasteiger partial charge in [0.2, 0.25) is 0 Å². The van der Waals surface area contributed by atoms with Crippen LogP contribution in [-0.4, -0.2) is 46.4 Å².